The first-order chi connectivity index (χ1) is 15.9. The van der Waals surface area contributed by atoms with E-state index in [1.54, 1.807) is 6.07 Å². The Kier molecular flexibility index (Phi) is 5.59. The molecule has 170 valence electrons. The van der Waals surface area contributed by atoms with Crippen LogP contribution in [0.15, 0.2) is 60.7 Å². The van der Waals surface area contributed by atoms with Gasteiger partial charge in [0.2, 0.25) is 0 Å². The quantitative estimate of drug-likeness (QED) is 0.567. The molecule has 0 radical (unpaired) electrons. The van der Waals surface area contributed by atoms with Gasteiger partial charge in [0.15, 0.2) is 5.78 Å². The third-order valence-corrected chi connectivity index (χ3v) is 6.94. The number of rotatable bonds is 4. The van der Waals surface area contributed by atoms with Gasteiger partial charge in [-0.1, -0.05) is 29.8 Å². The van der Waals surface area contributed by atoms with Crippen LogP contribution in [0.2, 0.25) is 0 Å². The maximum absolute atomic E-state index is 14.1. The van der Waals surface area contributed by atoms with E-state index in [1.807, 2.05) is 31.2 Å². The molecule has 3 aromatic rings. The van der Waals surface area contributed by atoms with E-state index in [4.69, 9.17) is 0 Å². The van der Waals surface area contributed by atoms with E-state index in [0.29, 0.717) is 50.3 Å². The van der Waals surface area contributed by atoms with Crippen molar-refractivity contribution in [2.45, 2.75) is 25.4 Å². The molecular formula is C27H25F3N2O. The lowest BCUT2D eigenvalue weighted by atomic mass is 9.82. The number of hydrogen-bond acceptors (Lipinski definition) is 3. The molecule has 1 aliphatic heterocycles. The van der Waals surface area contributed by atoms with Crippen molar-refractivity contribution in [3.8, 4) is 0 Å². The third-order valence-electron chi connectivity index (χ3n) is 6.94. The Balaban J connectivity index is 1.44. The second-order valence-corrected chi connectivity index (χ2v) is 9.04. The first-order valence-corrected chi connectivity index (χ1v) is 11.2. The summed E-state index contributed by atoms with van der Waals surface area (Å²) in [6, 6.07) is 15.9. The fraction of sp³-hybridized carbons (Fsp3) is 0.296. The standard InChI is InChI=1S/C27H25F3N2O/c1-18-3-2-4-21(13-18)27(16-19-14-22(28)5-7-24(19)26(27)33)32-11-9-31(10-12-32)17-20-15-23(29)6-8-25(20)30/h2-8,13-15H,9-12,16-17H2,1H3. The highest BCUT2D eigenvalue weighted by Crippen LogP contribution is 2.43. The number of ketones is 1. The van der Waals surface area contributed by atoms with Crippen molar-refractivity contribution in [2.75, 3.05) is 26.2 Å². The molecule has 1 saturated heterocycles. The van der Waals surface area contributed by atoms with Gasteiger partial charge in [-0.15, -0.1) is 0 Å². The summed E-state index contributed by atoms with van der Waals surface area (Å²) in [5, 5.41) is 0. The summed E-state index contributed by atoms with van der Waals surface area (Å²) < 4.78 is 41.7. The van der Waals surface area contributed by atoms with Gasteiger partial charge in [-0.25, -0.2) is 13.2 Å². The molecule has 3 nitrogen and oxygen atoms in total. The molecule has 5 rings (SSSR count). The highest BCUT2D eigenvalue weighted by Gasteiger charge is 2.51. The fourth-order valence-electron chi connectivity index (χ4n) is 5.28. The highest BCUT2D eigenvalue weighted by molar-refractivity contribution is 6.08. The van der Waals surface area contributed by atoms with Gasteiger partial charge in [-0.3, -0.25) is 14.6 Å². The van der Waals surface area contributed by atoms with Gasteiger partial charge in [-0.2, -0.15) is 0 Å². The Morgan fingerprint density at radius 3 is 2.36 bits per heavy atom. The van der Waals surface area contributed by atoms with Crippen molar-refractivity contribution in [1.82, 2.24) is 9.80 Å². The molecule has 1 heterocycles. The van der Waals surface area contributed by atoms with Crippen molar-refractivity contribution in [3.63, 3.8) is 0 Å². The number of fused-ring (bicyclic) bond motifs is 1. The topological polar surface area (TPSA) is 23.6 Å². The molecule has 1 atom stereocenters. The zero-order valence-corrected chi connectivity index (χ0v) is 18.5. The number of piperazine rings is 1. The molecule has 0 spiro atoms. The normalized spacial score (nSPS) is 21.4. The molecule has 0 amide bonds. The number of halogens is 3. The van der Waals surface area contributed by atoms with Crippen LogP contribution in [0.1, 0.15) is 32.6 Å². The van der Waals surface area contributed by atoms with Crippen LogP contribution in [0.5, 0.6) is 0 Å². The van der Waals surface area contributed by atoms with Crippen LogP contribution < -0.4 is 0 Å². The maximum Gasteiger partial charge on any atom is 0.188 e. The summed E-state index contributed by atoms with van der Waals surface area (Å²) in [7, 11) is 0. The summed E-state index contributed by atoms with van der Waals surface area (Å²) in [5.74, 6) is -1.22. The molecule has 1 unspecified atom stereocenters. The van der Waals surface area contributed by atoms with Gasteiger partial charge in [-0.05, 0) is 54.4 Å². The predicted octanol–water partition coefficient (Wildman–Crippen LogP) is 4.86. The first-order valence-electron chi connectivity index (χ1n) is 11.2. The van der Waals surface area contributed by atoms with Crippen LogP contribution >= 0.6 is 0 Å². The van der Waals surface area contributed by atoms with E-state index < -0.39 is 17.2 Å². The lowest BCUT2D eigenvalue weighted by molar-refractivity contribution is 0.0286. The molecule has 33 heavy (non-hydrogen) atoms. The summed E-state index contributed by atoms with van der Waals surface area (Å²) in [6.45, 7) is 4.71. The van der Waals surface area contributed by atoms with Gasteiger partial charge >= 0.3 is 0 Å². The summed E-state index contributed by atoms with van der Waals surface area (Å²) in [6.07, 6.45) is 0.418. The molecule has 0 saturated carbocycles. The second-order valence-electron chi connectivity index (χ2n) is 9.04. The Hall–Kier alpha value is -2.96. The van der Waals surface area contributed by atoms with Crippen LogP contribution in [-0.2, 0) is 18.5 Å². The van der Waals surface area contributed by atoms with E-state index in [0.717, 1.165) is 28.8 Å². The molecule has 2 aliphatic rings. The molecule has 0 bridgehead atoms. The Morgan fingerprint density at radius 1 is 0.879 bits per heavy atom. The number of carbonyl (C=O) groups is 1. The van der Waals surface area contributed by atoms with Crippen molar-refractivity contribution in [1.29, 1.82) is 0 Å². The monoisotopic (exact) mass is 450 g/mol. The van der Waals surface area contributed by atoms with Crippen molar-refractivity contribution in [2.24, 2.45) is 0 Å². The maximum atomic E-state index is 14.1. The van der Waals surface area contributed by atoms with E-state index in [1.165, 1.54) is 18.2 Å². The van der Waals surface area contributed by atoms with E-state index in [-0.39, 0.29) is 11.6 Å². The Labute approximate surface area is 191 Å². The largest absolute Gasteiger partial charge is 0.296 e. The van der Waals surface area contributed by atoms with Crippen molar-refractivity contribution in [3.05, 3.63) is 106 Å². The average Bonchev–Trinajstić information content (AvgIpc) is 3.09. The Morgan fingerprint density at radius 2 is 1.61 bits per heavy atom. The van der Waals surface area contributed by atoms with Crippen LogP contribution in [-0.4, -0.2) is 41.8 Å². The molecule has 6 heteroatoms. The lowest BCUT2D eigenvalue weighted by Gasteiger charge is -2.45. The summed E-state index contributed by atoms with van der Waals surface area (Å²) >= 11 is 0. The van der Waals surface area contributed by atoms with E-state index in [2.05, 4.69) is 9.80 Å². The van der Waals surface area contributed by atoms with Gasteiger partial charge in [0, 0.05) is 50.3 Å². The number of benzene rings is 3. The number of Topliss-reactive ketones (excluding diaryl/α,β-unsaturated/α-hetero) is 1. The number of nitrogens with zero attached hydrogens (tertiary/aromatic N) is 2. The fourth-order valence-corrected chi connectivity index (χ4v) is 5.28. The number of hydrogen-bond donors (Lipinski definition) is 0. The van der Waals surface area contributed by atoms with Gasteiger partial charge in [0.1, 0.15) is 23.0 Å². The lowest BCUT2D eigenvalue weighted by Crippen LogP contribution is -2.58. The van der Waals surface area contributed by atoms with Crippen LogP contribution in [0.3, 0.4) is 0 Å². The van der Waals surface area contributed by atoms with E-state index >= 15 is 0 Å². The number of carbonyl (C=O) groups excluding carboxylic acids is 1. The minimum absolute atomic E-state index is 0.00674. The smallest absolute Gasteiger partial charge is 0.188 e. The third kappa shape index (κ3) is 3.87. The second kappa shape index (κ2) is 8.43. The minimum atomic E-state index is -0.891. The predicted molar refractivity (Wildman–Crippen MR) is 120 cm³/mol. The number of aryl methyl sites for hydroxylation is 1. The van der Waals surface area contributed by atoms with Crippen LogP contribution in [0, 0.1) is 24.4 Å². The van der Waals surface area contributed by atoms with E-state index in [9.17, 15) is 18.0 Å². The van der Waals surface area contributed by atoms with Gasteiger partial charge in [0.25, 0.3) is 0 Å². The van der Waals surface area contributed by atoms with Gasteiger partial charge < -0.3 is 0 Å². The molecule has 1 aliphatic carbocycles. The van der Waals surface area contributed by atoms with Crippen molar-refractivity contribution < 1.29 is 18.0 Å². The van der Waals surface area contributed by atoms with Crippen LogP contribution in [0.4, 0.5) is 13.2 Å². The highest BCUT2D eigenvalue weighted by atomic mass is 19.1. The summed E-state index contributed by atoms with van der Waals surface area (Å²) in [5.41, 5.74) is 2.71. The summed E-state index contributed by atoms with van der Waals surface area (Å²) in [4.78, 5) is 18.1. The van der Waals surface area contributed by atoms with Crippen LogP contribution in [0.25, 0.3) is 0 Å². The zero-order valence-electron chi connectivity index (χ0n) is 18.5. The minimum Gasteiger partial charge on any atom is -0.296 e. The molecule has 3 aromatic carbocycles. The van der Waals surface area contributed by atoms with Gasteiger partial charge in [0.05, 0.1) is 0 Å². The zero-order chi connectivity index (χ0) is 23.2. The molecule has 0 aromatic heterocycles. The molecule has 0 N–H and O–H groups in total. The average molecular weight is 451 g/mol. The van der Waals surface area contributed by atoms with Crippen molar-refractivity contribution >= 4 is 5.78 Å². The first kappa shape index (κ1) is 21.9. The molecule has 1 fully saturated rings. The SMILES string of the molecule is Cc1cccc(C2(N3CCN(Cc4cc(F)ccc4F)CC3)Cc3cc(F)ccc3C2=O)c1. The molecular weight excluding hydrogens is 425 g/mol. The Bertz CT molecular complexity index is 1220.